The first-order valence-corrected chi connectivity index (χ1v) is 8.00. The van der Waals surface area contributed by atoms with Crippen LogP contribution in [-0.4, -0.2) is 40.8 Å². The quantitative estimate of drug-likeness (QED) is 0.844. The zero-order valence-electron chi connectivity index (χ0n) is 13.7. The molecule has 5 nitrogen and oxygen atoms in total. The van der Waals surface area contributed by atoms with Crippen LogP contribution >= 0.6 is 0 Å². The van der Waals surface area contributed by atoms with E-state index in [9.17, 15) is 5.11 Å². The number of hydrogen-bond donors (Lipinski definition) is 2. The van der Waals surface area contributed by atoms with Crippen molar-refractivity contribution in [2.75, 3.05) is 30.4 Å². The molecule has 1 aliphatic rings. The van der Waals surface area contributed by atoms with Gasteiger partial charge in [0.25, 0.3) is 0 Å². The Bertz CT molecular complexity index is 469. The van der Waals surface area contributed by atoms with Crippen molar-refractivity contribution >= 4 is 11.6 Å². The molecule has 0 aromatic carbocycles. The molecule has 0 atom stereocenters. The van der Waals surface area contributed by atoms with Crippen LogP contribution in [0.2, 0.25) is 0 Å². The lowest BCUT2D eigenvalue weighted by Gasteiger charge is -2.29. The van der Waals surface area contributed by atoms with Crippen LogP contribution in [0, 0.1) is 0 Å². The van der Waals surface area contributed by atoms with Crippen LogP contribution in [0.1, 0.15) is 58.2 Å². The van der Waals surface area contributed by atoms with Crippen LogP contribution in [0.4, 0.5) is 11.6 Å². The summed E-state index contributed by atoms with van der Waals surface area (Å²) in [5, 5.41) is 13.8. The van der Waals surface area contributed by atoms with E-state index in [1.807, 2.05) is 13.1 Å². The smallest absolute Gasteiger partial charge is 0.135 e. The third-order valence-corrected chi connectivity index (χ3v) is 4.06. The van der Waals surface area contributed by atoms with Crippen LogP contribution in [-0.2, 0) is 0 Å². The molecule has 0 radical (unpaired) electrons. The first kappa shape index (κ1) is 16.0. The fraction of sp³-hybridized carbons (Fsp3) is 0.750. The summed E-state index contributed by atoms with van der Waals surface area (Å²) in [4.78, 5) is 11.3. The molecule has 0 spiro atoms. The summed E-state index contributed by atoms with van der Waals surface area (Å²) in [6.07, 6.45) is 4.01. The molecule has 0 unspecified atom stereocenters. The molecule has 0 amide bonds. The average molecular weight is 292 g/mol. The van der Waals surface area contributed by atoms with Gasteiger partial charge in [0.1, 0.15) is 17.5 Å². The van der Waals surface area contributed by atoms with Gasteiger partial charge in [0.15, 0.2) is 0 Å². The number of aliphatic hydroxyl groups is 1. The van der Waals surface area contributed by atoms with E-state index in [0.29, 0.717) is 6.54 Å². The first-order valence-electron chi connectivity index (χ1n) is 8.00. The van der Waals surface area contributed by atoms with Gasteiger partial charge in [-0.15, -0.1) is 0 Å². The Labute approximate surface area is 127 Å². The van der Waals surface area contributed by atoms with Crippen molar-refractivity contribution in [1.82, 2.24) is 9.97 Å². The summed E-state index contributed by atoms with van der Waals surface area (Å²) in [6.45, 7) is 7.72. The van der Waals surface area contributed by atoms with Crippen molar-refractivity contribution < 1.29 is 5.11 Å². The van der Waals surface area contributed by atoms with Crippen LogP contribution in [0.25, 0.3) is 0 Å². The summed E-state index contributed by atoms with van der Waals surface area (Å²) in [5.74, 6) is 2.86. The van der Waals surface area contributed by atoms with E-state index in [1.54, 1.807) is 0 Å². The van der Waals surface area contributed by atoms with E-state index in [0.717, 1.165) is 49.7 Å². The molecule has 1 aromatic rings. The van der Waals surface area contributed by atoms with Crippen molar-refractivity contribution in [2.24, 2.45) is 0 Å². The van der Waals surface area contributed by atoms with Gasteiger partial charge in [-0.2, -0.15) is 0 Å². The van der Waals surface area contributed by atoms with Crippen LogP contribution in [0.15, 0.2) is 6.07 Å². The highest BCUT2D eigenvalue weighted by Gasteiger charge is 2.32. The number of rotatable bonds is 6. The van der Waals surface area contributed by atoms with Crippen molar-refractivity contribution in [3.63, 3.8) is 0 Å². The molecule has 0 bridgehead atoms. The largest absolute Gasteiger partial charge is 0.388 e. The number of aromatic nitrogens is 2. The summed E-state index contributed by atoms with van der Waals surface area (Å²) in [6, 6.07) is 1.97. The normalized spacial score (nSPS) is 17.2. The number of nitrogens with one attached hydrogen (secondary N) is 1. The second-order valence-corrected chi connectivity index (χ2v) is 6.44. The lowest BCUT2D eigenvalue weighted by Crippen LogP contribution is -2.39. The van der Waals surface area contributed by atoms with Gasteiger partial charge >= 0.3 is 0 Å². The van der Waals surface area contributed by atoms with Gasteiger partial charge in [0.2, 0.25) is 0 Å². The van der Waals surface area contributed by atoms with Gasteiger partial charge in [0.05, 0.1) is 5.60 Å². The average Bonchev–Trinajstić information content (AvgIpc) is 2.85. The minimum absolute atomic E-state index is 0.283. The molecule has 5 heteroatoms. The monoisotopic (exact) mass is 292 g/mol. The number of hydrogen-bond acceptors (Lipinski definition) is 5. The van der Waals surface area contributed by atoms with E-state index < -0.39 is 5.60 Å². The van der Waals surface area contributed by atoms with Gasteiger partial charge in [0, 0.05) is 32.1 Å². The fourth-order valence-corrected chi connectivity index (χ4v) is 2.89. The maximum Gasteiger partial charge on any atom is 0.135 e. The molecule has 21 heavy (non-hydrogen) atoms. The zero-order chi connectivity index (χ0) is 15.5. The fourth-order valence-electron chi connectivity index (χ4n) is 2.89. The highest BCUT2D eigenvalue weighted by atomic mass is 16.3. The van der Waals surface area contributed by atoms with Crippen LogP contribution < -0.4 is 10.2 Å². The Morgan fingerprint density at radius 1 is 1.33 bits per heavy atom. The summed E-state index contributed by atoms with van der Waals surface area (Å²) >= 11 is 0. The number of nitrogens with zero attached hydrogens (tertiary/aromatic N) is 3. The van der Waals surface area contributed by atoms with Crippen molar-refractivity contribution in [2.45, 2.75) is 58.0 Å². The van der Waals surface area contributed by atoms with Crippen molar-refractivity contribution in [1.29, 1.82) is 0 Å². The molecule has 1 heterocycles. The lowest BCUT2D eigenvalue weighted by molar-refractivity contribution is 0.0558. The topological polar surface area (TPSA) is 61.3 Å². The zero-order valence-corrected chi connectivity index (χ0v) is 13.7. The Kier molecular flexibility index (Phi) is 5.04. The molecule has 0 saturated heterocycles. The summed E-state index contributed by atoms with van der Waals surface area (Å²) < 4.78 is 0. The Morgan fingerprint density at radius 3 is 2.57 bits per heavy atom. The number of likely N-dealkylation sites (N-methyl/N-ethyl adjacent to an activating group) is 1. The Hall–Kier alpha value is -1.36. The maximum atomic E-state index is 10.6. The molecule has 1 aliphatic carbocycles. The van der Waals surface area contributed by atoms with Crippen molar-refractivity contribution in [3.05, 3.63) is 11.9 Å². The SMILES string of the molecule is CCNc1cc(N(C)CC2(O)CCCC2)nc(C(C)C)n1. The predicted molar refractivity (Wildman–Crippen MR) is 87.0 cm³/mol. The highest BCUT2D eigenvalue weighted by molar-refractivity contribution is 5.49. The molecule has 2 rings (SSSR count). The molecule has 1 saturated carbocycles. The molecule has 0 aliphatic heterocycles. The second kappa shape index (κ2) is 6.60. The lowest BCUT2D eigenvalue weighted by atomic mass is 10.0. The van der Waals surface area contributed by atoms with E-state index in [2.05, 4.69) is 41.0 Å². The predicted octanol–water partition coefficient (Wildman–Crippen LogP) is 2.77. The Morgan fingerprint density at radius 2 is 2.00 bits per heavy atom. The summed E-state index contributed by atoms with van der Waals surface area (Å²) in [5.41, 5.74) is -0.559. The van der Waals surface area contributed by atoms with Gasteiger partial charge in [-0.1, -0.05) is 26.7 Å². The second-order valence-electron chi connectivity index (χ2n) is 6.44. The minimum atomic E-state index is -0.559. The van der Waals surface area contributed by atoms with Gasteiger partial charge in [-0.3, -0.25) is 0 Å². The molecule has 1 aromatic heterocycles. The van der Waals surface area contributed by atoms with Crippen LogP contribution in [0.3, 0.4) is 0 Å². The van der Waals surface area contributed by atoms with Gasteiger partial charge < -0.3 is 15.3 Å². The van der Waals surface area contributed by atoms with Crippen LogP contribution in [0.5, 0.6) is 0 Å². The van der Waals surface area contributed by atoms with Gasteiger partial charge in [-0.05, 0) is 19.8 Å². The first-order chi connectivity index (χ1) is 9.93. The number of anilines is 2. The minimum Gasteiger partial charge on any atom is -0.388 e. The highest BCUT2D eigenvalue weighted by Crippen LogP contribution is 2.31. The van der Waals surface area contributed by atoms with E-state index >= 15 is 0 Å². The summed E-state index contributed by atoms with van der Waals surface area (Å²) in [7, 11) is 2.00. The van der Waals surface area contributed by atoms with E-state index in [4.69, 9.17) is 0 Å². The maximum absolute atomic E-state index is 10.6. The van der Waals surface area contributed by atoms with E-state index in [1.165, 1.54) is 0 Å². The molecule has 1 fully saturated rings. The van der Waals surface area contributed by atoms with E-state index in [-0.39, 0.29) is 5.92 Å². The third-order valence-electron chi connectivity index (χ3n) is 4.06. The molecular formula is C16H28N4O. The standard InChI is InChI=1S/C16H28N4O/c1-5-17-13-10-14(19-15(18-13)12(2)3)20(4)11-16(21)8-6-7-9-16/h10,12,21H,5-9,11H2,1-4H3,(H,17,18,19). The third kappa shape index (κ3) is 4.06. The Balaban J connectivity index is 2.20. The molecule has 2 N–H and O–H groups in total. The molecule has 118 valence electrons. The molecular weight excluding hydrogens is 264 g/mol. The van der Waals surface area contributed by atoms with Crippen molar-refractivity contribution in [3.8, 4) is 0 Å². The van der Waals surface area contributed by atoms with Gasteiger partial charge in [-0.25, -0.2) is 9.97 Å².